The van der Waals surface area contributed by atoms with Gasteiger partial charge in [-0.15, -0.1) is 0 Å². The molecular weight excluding hydrogens is 294 g/mol. The van der Waals surface area contributed by atoms with Crippen LogP contribution in [0.3, 0.4) is 0 Å². The van der Waals surface area contributed by atoms with Crippen molar-refractivity contribution in [2.45, 2.75) is 33.2 Å². The molecule has 0 aliphatic rings. The van der Waals surface area contributed by atoms with E-state index in [0.29, 0.717) is 0 Å². The zero-order valence-corrected chi connectivity index (χ0v) is 12.7. The molecule has 0 bridgehead atoms. The molecule has 7 heteroatoms. The Labute approximate surface area is 128 Å². The number of rotatable bonds is 6. The molecule has 0 spiro atoms. The largest absolute Gasteiger partial charge is 0.466 e. The molecule has 1 aromatic rings. The van der Waals surface area contributed by atoms with Gasteiger partial charge in [0.2, 0.25) is 0 Å². The Morgan fingerprint density at radius 2 is 1.95 bits per heavy atom. The van der Waals surface area contributed by atoms with Gasteiger partial charge in [0.05, 0.1) is 12.5 Å². The fourth-order valence-electron chi connectivity index (χ4n) is 1.73. The van der Waals surface area contributed by atoms with E-state index in [-0.39, 0.29) is 17.9 Å². The zero-order chi connectivity index (χ0) is 16.7. The quantitative estimate of drug-likeness (QED) is 0.791. The minimum absolute atomic E-state index is 0.175. The number of amides is 2. The molecule has 22 heavy (non-hydrogen) atoms. The molecule has 2 N–H and O–H groups in total. The van der Waals surface area contributed by atoms with Crippen molar-refractivity contribution in [1.29, 1.82) is 0 Å². The summed E-state index contributed by atoms with van der Waals surface area (Å²) in [5, 5.41) is 5.04. The van der Waals surface area contributed by atoms with E-state index in [1.54, 1.807) is 20.8 Å². The van der Waals surface area contributed by atoms with Crippen molar-refractivity contribution >= 4 is 17.7 Å². The highest BCUT2D eigenvalue weighted by molar-refractivity contribution is 5.90. The van der Waals surface area contributed by atoms with Crippen LogP contribution >= 0.6 is 0 Å². The zero-order valence-electron chi connectivity index (χ0n) is 12.7. The van der Waals surface area contributed by atoms with Gasteiger partial charge in [-0.2, -0.15) is 0 Å². The number of benzene rings is 1. The maximum Gasteiger partial charge on any atom is 0.319 e. The van der Waals surface area contributed by atoms with E-state index in [4.69, 9.17) is 4.74 Å². The average molecular weight is 314 g/mol. The normalized spacial score (nSPS) is 13.4. The van der Waals surface area contributed by atoms with E-state index in [9.17, 15) is 18.4 Å². The number of carbonyl (C=O) groups excluding carboxylic acids is 2. The van der Waals surface area contributed by atoms with Crippen LogP contribution in [-0.4, -0.2) is 24.6 Å². The molecule has 0 unspecified atom stereocenters. The van der Waals surface area contributed by atoms with E-state index >= 15 is 0 Å². The second-order valence-electron chi connectivity index (χ2n) is 4.85. The summed E-state index contributed by atoms with van der Waals surface area (Å²) < 4.78 is 30.0. The molecule has 0 saturated carbocycles. The molecule has 2 amide bonds. The van der Waals surface area contributed by atoms with Crippen LogP contribution in [0.5, 0.6) is 0 Å². The summed E-state index contributed by atoms with van der Waals surface area (Å²) in [5.74, 6) is -0.923. The maximum absolute atomic E-state index is 12.6. The Bertz CT molecular complexity index is 523. The summed E-state index contributed by atoms with van der Waals surface area (Å²) in [6.45, 7) is 5.27. The molecule has 1 aromatic carbocycles. The highest BCUT2D eigenvalue weighted by Crippen LogP contribution is 2.21. The molecular formula is C15H20F2N2O3. The van der Waals surface area contributed by atoms with Gasteiger partial charge in [-0.3, -0.25) is 4.79 Å². The lowest BCUT2D eigenvalue weighted by molar-refractivity contribution is -0.148. The number of ether oxygens (including phenoxy) is 1. The first kappa shape index (κ1) is 17.9. The number of halogens is 2. The number of nitrogens with one attached hydrogen (secondary N) is 2. The van der Waals surface area contributed by atoms with Crippen molar-refractivity contribution in [1.82, 2.24) is 5.32 Å². The molecule has 0 radical (unpaired) electrons. The number of hydrogen-bond acceptors (Lipinski definition) is 3. The van der Waals surface area contributed by atoms with Gasteiger partial charge in [0, 0.05) is 17.3 Å². The first-order valence-corrected chi connectivity index (χ1v) is 6.97. The van der Waals surface area contributed by atoms with E-state index in [2.05, 4.69) is 10.6 Å². The molecule has 0 heterocycles. The van der Waals surface area contributed by atoms with Crippen molar-refractivity contribution in [3.63, 3.8) is 0 Å². The summed E-state index contributed by atoms with van der Waals surface area (Å²) >= 11 is 0. The van der Waals surface area contributed by atoms with Gasteiger partial charge in [0.1, 0.15) is 0 Å². The van der Waals surface area contributed by atoms with Crippen molar-refractivity contribution in [2.75, 3.05) is 11.9 Å². The molecule has 1 rings (SSSR count). The van der Waals surface area contributed by atoms with Gasteiger partial charge in [0.15, 0.2) is 0 Å². The van der Waals surface area contributed by atoms with E-state index in [0.717, 1.165) is 0 Å². The smallest absolute Gasteiger partial charge is 0.319 e. The molecule has 0 fully saturated rings. The summed E-state index contributed by atoms with van der Waals surface area (Å²) in [6.07, 6.45) is -2.60. The monoisotopic (exact) mass is 314 g/mol. The molecule has 0 aromatic heterocycles. The van der Waals surface area contributed by atoms with Crippen LogP contribution in [0.4, 0.5) is 19.3 Å². The number of urea groups is 1. The summed E-state index contributed by atoms with van der Waals surface area (Å²) in [7, 11) is 0. The van der Waals surface area contributed by atoms with Gasteiger partial charge < -0.3 is 15.4 Å². The predicted molar refractivity (Wildman–Crippen MR) is 78.8 cm³/mol. The summed E-state index contributed by atoms with van der Waals surface area (Å²) in [4.78, 5) is 23.4. The van der Waals surface area contributed by atoms with Gasteiger partial charge in [-0.05, 0) is 32.9 Å². The fourth-order valence-corrected chi connectivity index (χ4v) is 1.73. The first-order valence-electron chi connectivity index (χ1n) is 6.97. The van der Waals surface area contributed by atoms with Crippen LogP contribution in [0.1, 0.15) is 32.8 Å². The van der Waals surface area contributed by atoms with Crippen LogP contribution in [0.2, 0.25) is 0 Å². The van der Waals surface area contributed by atoms with E-state index in [1.807, 2.05) is 0 Å². The predicted octanol–water partition coefficient (Wildman–Crippen LogP) is 3.33. The third-order valence-electron chi connectivity index (χ3n) is 3.16. The highest BCUT2D eigenvalue weighted by Gasteiger charge is 2.22. The standard InChI is InChI=1S/C15H20F2N2O3/c1-4-22-14(20)9(2)10(3)18-15(21)19-12-7-5-6-11(8-12)13(16)17/h5-10,13H,4H2,1-3H3,(H2,18,19,21)/t9-,10-/m1/s1. The first-order chi connectivity index (χ1) is 10.3. The lowest BCUT2D eigenvalue weighted by Crippen LogP contribution is -2.42. The lowest BCUT2D eigenvalue weighted by Gasteiger charge is -2.20. The van der Waals surface area contributed by atoms with Crippen molar-refractivity contribution < 1.29 is 23.1 Å². The molecule has 2 atom stereocenters. The summed E-state index contributed by atoms with van der Waals surface area (Å²) in [5.41, 5.74) is 0.0806. The number of anilines is 1. The van der Waals surface area contributed by atoms with Crippen molar-refractivity contribution in [2.24, 2.45) is 5.92 Å². The fraction of sp³-hybridized carbons (Fsp3) is 0.467. The molecule has 122 valence electrons. The average Bonchev–Trinajstić information content (AvgIpc) is 2.46. The number of alkyl halides is 2. The van der Waals surface area contributed by atoms with Gasteiger partial charge in [-0.1, -0.05) is 12.1 Å². The SMILES string of the molecule is CCOC(=O)[C@H](C)[C@@H](C)NC(=O)Nc1cccc(C(F)F)c1. The van der Waals surface area contributed by atoms with Gasteiger partial charge in [0.25, 0.3) is 6.43 Å². The van der Waals surface area contributed by atoms with Gasteiger partial charge >= 0.3 is 12.0 Å². The molecule has 0 saturated heterocycles. The Morgan fingerprint density at radius 3 is 2.55 bits per heavy atom. The lowest BCUT2D eigenvalue weighted by atomic mass is 10.0. The Balaban J connectivity index is 2.59. The van der Waals surface area contributed by atoms with Crippen LogP contribution in [0.15, 0.2) is 24.3 Å². The maximum atomic E-state index is 12.6. The second kappa shape index (κ2) is 8.31. The van der Waals surface area contributed by atoms with Gasteiger partial charge in [-0.25, -0.2) is 13.6 Å². The third-order valence-corrected chi connectivity index (χ3v) is 3.16. The highest BCUT2D eigenvalue weighted by atomic mass is 19.3. The molecule has 0 aliphatic carbocycles. The topological polar surface area (TPSA) is 67.4 Å². The van der Waals surface area contributed by atoms with Crippen molar-refractivity contribution in [3.8, 4) is 0 Å². The Kier molecular flexibility index (Phi) is 6.75. The Morgan fingerprint density at radius 1 is 1.27 bits per heavy atom. The third kappa shape index (κ3) is 5.31. The van der Waals surface area contributed by atoms with E-state index in [1.165, 1.54) is 24.3 Å². The van der Waals surface area contributed by atoms with Crippen molar-refractivity contribution in [3.05, 3.63) is 29.8 Å². The van der Waals surface area contributed by atoms with Crippen LogP contribution in [0.25, 0.3) is 0 Å². The minimum atomic E-state index is -2.60. The Hall–Kier alpha value is -2.18. The number of hydrogen-bond donors (Lipinski definition) is 2. The minimum Gasteiger partial charge on any atom is -0.466 e. The summed E-state index contributed by atoms with van der Waals surface area (Å²) in [6, 6.07) is 4.38. The van der Waals surface area contributed by atoms with Crippen LogP contribution in [0, 0.1) is 5.92 Å². The molecule has 0 aliphatic heterocycles. The van der Waals surface area contributed by atoms with Crippen LogP contribution < -0.4 is 10.6 Å². The number of esters is 1. The molecule has 5 nitrogen and oxygen atoms in total. The second-order valence-corrected chi connectivity index (χ2v) is 4.85. The number of carbonyl (C=O) groups is 2. The van der Waals surface area contributed by atoms with Crippen LogP contribution in [-0.2, 0) is 9.53 Å². The van der Waals surface area contributed by atoms with E-state index < -0.39 is 30.4 Å².